The molecule has 2 aromatic rings. The van der Waals surface area contributed by atoms with Gasteiger partial charge in [0.1, 0.15) is 12.3 Å². The lowest BCUT2D eigenvalue weighted by Gasteiger charge is -2.28. The third-order valence-electron chi connectivity index (χ3n) is 3.56. The van der Waals surface area contributed by atoms with Crippen molar-refractivity contribution >= 4 is 29.3 Å². The fraction of sp³-hybridized carbons (Fsp3) is 0.111. The standard InChI is InChI=1S/C18H14F2N2O3/c19-18(20)25-13-8-5-12(6-9-13)7-10-17(24)22-11-16(23)21-14-3-1-2-4-15(14)22/h1-10,18H,11H2,(H,21,23)/b10-7+. The monoisotopic (exact) mass is 344 g/mol. The topological polar surface area (TPSA) is 58.6 Å². The molecule has 0 radical (unpaired) electrons. The number of anilines is 2. The molecule has 0 fully saturated rings. The van der Waals surface area contributed by atoms with Crippen molar-refractivity contribution in [3.05, 3.63) is 60.2 Å². The van der Waals surface area contributed by atoms with Gasteiger partial charge in [0.25, 0.3) is 5.91 Å². The highest BCUT2D eigenvalue weighted by Crippen LogP contribution is 2.29. The highest BCUT2D eigenvalue weighted by Gasteiger charge is 2.25. The molecule has 1 aliphatic rings. The fourth-order valence-corrected chi connectivity index (χ4v) is 2.45. The molecule has 0 bridgehead atoms. The van der Waals surface area contributed by atoms with Crippen LogP contribution in [-0.2, 0) is 9.59 Å². The number of carbonyl (C=O) groups excluding carboxylic acids is 2. The van der Waals surface area contributed by atoms with Gasteiger partial charge in [-0.2, -0.15) is 8.78 Å². The zero-order valence-corrected chi connectivity index (χ0v) is 13.0. The Morgan fingerprint density at radius 2 is 1.88 bits per heavy atom. The van der Waals surface area contributed by atoms with Gasteiger partial charge in [-0.3, -0.25) is 14.5 Å². The smallest absolute Gasteiger partial charge is 0.387 e. The van der Waals surface area contributed by atoms with E-state index in [1.165, 1.54) is 23.1 Å². The number of nitrogens with one attached hydrogen (secondary N) is 1. The number of hydrogen-bond donors (Lipinski definition) is 1. The molecule has 128 valence electrons. The summed E-state index contributed by atoms with van der Waals surface area (Å²) in [6.07, 6.45) is 2.88. The third-order valence-corrected chi connectivity index (χ3v) is 3.56. The number of fused-ring (bicyclic) bond motifs is 1. The molecule has 2 aromatic carbocycles. The lowest BCUT2D eigenvalue weighted by Crippen LogP contribution is -2.41. The van der Waals surface area contributed by atoms with Crippen LogP contribution in [-0.4, -0.2) is 25.0 Å². The van der Waals surface area contributed by atoms with Crippen molar-refractivity contribution in [2.75, 3.05) is 16.8 Å². The molecule has 0 saturated carbocycles. The van der Waals surface area contributed by atoms with Gasteiger partial charge >= 0.3 is 6.61 Å². The van der Waals surface area contributed by atoms with Gasteiger partial charge in [-0.05, 0) is 35.9 Å². The molecule has 1 aliphatic heterocycles. The molecular weight excluding hydrogens is 330 g/mol. The summed E-state index contributed by atoms with van der Waals surface area (Å²) in [5.74, 6) is -0.579. The minimum atomic E-state index is -2.88. The first-order valence-electron chi connectivity index (χ1n) is 7.46. The molecule has 0 saturated heterocycles. The van der Waals surface area contributed by atoms with E-state index in [2.05, 4.69) is 10.1 Å². The predicted octanol–water partition coefficient (Wildman–Crippen LogP) is 3.29. The summed E-state index contributed by atoms with van der Waals surface area (Å²) in [6, 6.07) is 12.9. The molecule has 1 N–H and O–H groups in total. The van der Waals surface area contributed by atoms with E-state index in [1.54, 1.807) is 42.5 Å². The minimum Gasteiger partial charge on any atom is -0.435 e. The molecular formula is C18H14F2N2O3. The van der Waals surface area contributed by atoms with Gasteiger partial charge in [0, 0.05) is 6.08 Å². The van der Waals surface area contributed by atoms with Crippen molar-refractivity contribution < 1.29 is 23.1 Å². The molecule has 0 atom stereocenters. The summed E-state index contributed by atoms with van der Waals surface area (Å²) in [4.78, 5) is 25.5. The lowest BCUT2D eigenvalue weighted by molar-refractivity contribution is -0.119. The molecule has 7 heteroatoms. The number of benzene rings is 2. The maximum Gasteiger partial charge on any atom is 0.387 e. The Morgan fingerprint density at radius 3 is 2.60 bits per heavy atom. The Morgan fingerprint density at radius 1 is 1.16 bits per heavy atom. The number of amides is 2. The van der Waals surface area contributed by atoms with Crippen LogP contribution in [0.15, 0.2) is 54.6 Å². The normalized spacial score (nSPS) is 13.7. The van der Waals surface area contributed by atoms with Crippen LogP contribution in [0.5, 0.6) is 5.75 Å². The van der Waals surface area contributed by atoms with Crippen LogP contribution < -0.4 is 15.0 Å². The lowest BCUT2D eigenvalue weighted by atomic mass is 10.1. The largest absolute Gasteiger partial charge is 0.435 e. The molecule has 3 rings (SSSR count). The number of alkyl halides is 2. The molecule has 0 aromatic heterocycles. The first-order valence-corrected chi connectivity index (χ1v) is 7.46. The van der Waals surface area contributed by atoms with Crippen LogP contribution in [0.2, 0.25) is 0 Å². The van der Waals surface area contributed by atoms with E-state index in [1.807, 2.05) is 0 Å². The Bertz CT molecular complexity index is 819. The summed E-state index contributed by atoms with van der Waals surface area (Å²) in [6.45, 7) is -2.95. The van der Waals surface area contributed by atoms with Gasteiger partial charge in [-0.1, -0.05) is 24.3 Å². The molecule has 1 heterocycles. The second-order valence-corrected chi connectivity index (χ2v) is 5.27. The maximum absolute atomic E-state index is 12.4. The van der Waals surface area contributed by atoms with Crippen molar-refractivity contribution in [1.82, 2.24) is 0 Å². The average Bonchev–Trinajstić information content (AvgIpc) is 2.59. The number of rotatable bonds is 4. The molecule has 0 aliphatic carbocycles. The fourth-order valence-electron chi connectivity index (χ4n) is 2.45. The van der Waals surface area contributed by atoms with E-state index in [0.717, 1.165) is 0 Å². The van der Waals surface area contributed by atoms with Crippen LogP contribution in [0.4, 0.5) is 20.2 Å². The quantitative estimate of drug-likeness (QED) is 0.866. The van der Waals surface area contributed by atoms with E-state index in [4.69, 9.17) is 0 Å². The van der Waals surface area contributed by atoms with Gasteiger partial charge in [0.2, 0.25) is 5.91 Å². The zero-order valence-electron chi connectivity index (χ0n) is 13.0. The van der Waals surface area contributed by atoms with E-state index >= 15 is 0 Å². The Labute approximate surface area is 142 Å². The molecule has 5 nitrogen and oxygen atoms in total. The highest BCUT2D eigenvalue weighted by molar-refractivity contribution is 6.13. The van der Waals surface area contributed by atoms with Crippen molar-refractivity contribution in [1.29, 1.82) is 0 Å². The predicted molar refractivity (Wildman–Crippen MR) is 89.5 cm³/mol. The van der Waals surface area contributed by atoms with Gasteiger partial charge in [0.15, 0.2) is 0 Å². The summed E-state index contributed by atoms with van der Waals surface area (Å²) in [7, 11) is 0. The summed E-state index contributed by atoms with van der Waals surface area (Å²) >= 11 is 0. The van der Waals surface area contributed by atoms with Crippen molar-refractivity contribution in [3.8, 4) is 5.75 Å². The number of para-hydroxylation sites is 2. The number of hydrogen-bond acceptors (Lipinski definition) is 3. The third kappa shape index (κ3) is 4.00. The summed E-state index contributed by atoms with van der Waals surface area (Å²) in [5.41, 5.74) is 1.84. The van der Waals surface area contributed by atoms with E-state index in [9.17, 15) is 18.4 Å². The number of nitrogens with zero attached hydrogens (tertiary/aromatic N) is 1. The molecule has 0 unspecified atom stereocenters. The van der Waals surface area contributed by atoms with Gasteiger partial charge < -0.3 is 10.1 Å². The number of carbonyl (C=O) groups is 2. The van der Waals surface area contributed by atoms with Gasteiger partial charge in [-0.15, -0.1) is 0 Å². The second kappa shape index (κ2) is 7.12. The maximum atomic E-state index is 12.4. The van der Waals surface area contributed by atoms with Crippen LogP contribution >= 0.6 is 0 Å². The Hall–Kier alpha value is -3.22. The van der Waals surface area contributed by atoms with E-state index < -0.39 is 6.61 Å². The highest BCUT2D eigenvalue weighted by atomic mass is 19.3. The minimum absolute atomic E-state index is 0.0418. The van der Waals surface area contributed by atoms with Crippen LogP contribution in [0.25, 0.3) is 6.08 Å². The molecule has 0 spiro atoms. The zero-order chi connectivity index (χ0) is 17.8. The van der Waals surface area contributed by atoms with Crippen molar-refractivity contribution in [2.24, 2.45) is 0 Å². The second-order valence-electron chi connectivity index (χ2n) is 5.27. The summed E-state index contributed by atoms with van der Waals surface area (Å²) in [5, 5.41) is 2.71. The van der Waals surface area contributed by atoms with E-state index in [-0.39, 0.29) is 24.1 Å². The van der Waals surface area contributed by atoms with Crippen LogP contribution in [0.3, 0.4) is 0 Å². The molecule has 2 amide bonds. The SMILES string of the molecule is O=C1CN(C(=O)/C=C/c2ccc(OC(F)F)cc2)c2ccccc2N1. The van der Waals surface area contributed by atoms with Gasteiger partial charge in [0.05, 0.1) is 11.4 Å². The first kappa shape index (κ1) is 16.6. The van der Waals surface area contributed by atoms with Gasteiger partial charge in [-0.25, -0.2) is 0 Å². The van der Waals surface area contributed by atoms with Crippen molar-refractivity contribution in [3.63, 3.8) is 0 Å². The average molecular weight is 344 g/mol. The van der Waals surface area contributed by atoms with Crippen molar-refractivity contribution in [2.45, 2.75) is 6.61 Å². The first-order chi connectivity index (χ1) is 12.0. The Kier molecular flexibility index (Phi) is 4.74. The Balaban J connectivity index is 1.74. The number of halogens is 2. The van der Waals surface area contributed by atoms with E-state index in [0.29, 0.717) is 16.9 Å². The molecule has 25 heavy (non-hydrogen) atoms. The number of ether oxygens (including phenoxy) is 1. The summed E-state index contributed by atoms with van der Waals surface area (Å²) < 4.78 is 28.5. The van der Waals surface area contributed by atoms with Crippen LogP contribution in [0.1, 0.15) is 5.56 Å². The van der Waals surface area contributed by atoms with Crippen LogP contribution in [0, 0.1) is 0 Å².